The monoisotopic (exact) mass is 200 g/mol. The second kappa shape index (κ2) is 6.18. The minimum Gasteiger partial charge on any atom is -0.318 e. The number of hydrogen-bond donors (Lipinski definition) is 0. The van der Waals surface area contributed by atoms with Gasteiger partial charge in [0.05, 0.1) is 19.6 Å². The van der Waals surface area contributed by atoms with Crippen molar-refractivity contribution in [2.75, 3.05) is 26.2 Å². The van der Waals surface area contributed by atoms with Crippen LogP contribution in [-0.4, -0.2) is 36.4 Å². The lowest BCUT2D eigenvalue weighted by atomic mass is 10.1. The molecule has 0 aliphatic heterocycles. The molecule has 0 aromatic carbocycles. The van der Waals surface area contributed by atoms with Crippen LogP contribution in [0, 0.1) is 5.92 Å². The van der Waals surface area contributed by atoms with E-state index < -0.39 is 0 Å². The molecular formula is C12H26NO+. The average molecular weight is 200 g/mol. The molecule has 0 radical (unpaired) electrons. The third-order valence-corrected chi connectivity index (χ3v) is 3.16. The first kappa shape index (κ1) is 13.6. The summed E-state index contributed by atoms with van der Waals surface area (Å²) in [7, 11) is 0. The van der Waals surface area contributed by atoms with Crippen LogP contribution in [0.1, 0.15) is 41.0 Å². The highest BCUT2D eigenvalue weighted by Gasteiger charge is 2.24. The van der Waals surface area contributed by atoms with Gasteiger partial charge in [0.25, 0.3) is 0 Å². The molecule has 2 nitrogen and oxygen atoms in total. The van der Waals surface area contributed by atoms with Crippen LogP contribution in [0.15, 0.2) is 0 Å². The van der Waals surface area contributed by atoms with Crippen LogP contribution in [0.5, 0.6) is 0 Å². The number of carbonyl (C=O) groups excluding carboxylic acids is 1. The van der Waals surface area contributed by atoms with Gasteiger partial charge in [-0.1, -0.05) is 13.8 Å². The van der Waals surface area contributed by atoms with E-state index in [0.29, 0.717) is 11.7 Å². The molecule has 0 aromatic heterocycles. The predicted molar refractivity (Wildman–Crippen MR) is 61.2 cm³/mol. The molecule has 0 atom stereocenters. The van der Waals surface area contributed by atoms with Crippen LogP contribution in [0.4, 0.5) is 0 Å². The highest BCUT2D eigenvalue weighted by atomic mass is 16.1. The van der Waals surface area contributed by atoms with Gasteiger partial charge < -0.3 is 4.48 Å². The van der Waals surface area contributed by atoms with Gasteiger partial charge in [-0.2, -0.15) is 0 Å². The van der Waals surface area contributed by atoms with Gasteiger partial charge in [0.15, 0.2) is 5.78 Å². The van der Waals surface area contributed by atoms with Crippen LogP contribution in [0.2, 0.25) is 0 Å². The normalized spacial score (nSPS) is 12.1. The fraction of sp³-hybridized carbons (Fsp3) is 0.917. The molecule has 0 amide bonds. The SMILES string of the molecule is CC[N+](CC)(CC)CC(=O)CC(C)C. The van der Waals surface area contributed by atoms with Crippen molar-refractivity contribution in [2.24, 2.45) is 5.92 Å². The van der Waals surface area contributed by atoms with E-state index in [1.807, 2.05) is 0 Å². The van der Waals surface area contributed by atoms with Crippen molar-refractivity contribution in [3.63, 3.8) is 0 Å². The molecule has 0 unspecified atom stereocenters. The number of quaternary nitrogens is 1. The summed E-state index contributed by atoms with van der Waals surface area (Å²) in [6.07, 6.45) is 0.736. The summed E-state index contributed by atoms with van der Waals surface area (Å²) in [4.78, 5) is 11.7. The largest absolute Gasteiger partial charge is 0.318 e. The van der Waals surface area contributed by atoms with Gasteiger partial charge in [0.1, 0.15) is 6.54 Å². The van der Waals surface area contributed by atoms with E-state index in [2.05, 4.69) is 34.6 Å². The van der Waals surface area contributed by atoms with E-state index >= 15 is 0 Å². The predicted octanol–water partition coefficient (Wildman–Crippen LogP) is 2.48. The number of nitrogens with zero attached hydrogens (tertiary/aromatic N) is 1. The van der Waals surface area contributed by atoms with Crippen molar-refractivity contribution in [2.45, 2.75) is 41.0 Å². The zero-order valence-electron chi connectivity index (χ0n) is 10.5. The maximum absolute atomic E-state index is 11.7. The molecule has 84 valence electrons. The van der Waals surface area contributed by atoms with E-state index in [0.717, 1.165) is 37.1 Å². The van der Waals surface area contributed by atoms with Crippen LogP contribution < -0.4 is 0 Å². The Labute approximate surface area is 88.9 Å². The van der Waals surface area contributed by atoms with Gasteiger partial charge in [-0.3, -0.25) is 4.79 Å². The lowest BCUT2D eigenvalue weighted by Crippen LogP contribution is -2.50. The maximum Gasteiger partial charge on any atom is 0.187 e. The van der Waals surface area contributed by atoms with Crippen molar-refractivity contribution in [3.8, 4) is 0 Å². The molecular weight excluding hydrogens is 174 g/mol. The van der Waals surface area contributed by atoms with Gasteiger partial charge in [-0.25, -0.2) is 0 Å². The summed E-state index contributed by atoms with van der Waals surface area (Å²) in [6, 6.07) is 0. The smallest absolute Gasteiger partial charge is 0.187 e. The Morgan fingerprint density at radius 3 is 1.79 bits per heavy atom. The molecule has 0 rings (SSSR count). The summed E-state index contributed by atoms with van der Waals surface area (Å²) in [6.45, 7) is 14.7. The van der Waals surface area contributed by atoms with E-state index in [1.165, 1.54) is 0 Å². The molecule has 0 fully saturated rings. The first-order valence-corrected chi connectivity index (χ1v) is 5.86. The van der Waals surface area contributed by atoms with E-state index in [1.54, 1.807) is 0 Å². The maximum atomic E-state index is 11.7. The van der Waals surface area contributed by atoms with E-state index in [-0.39, 0.29) is 0 Å². The Morgan fingerprint density at radius 1 is 1.07 bits per heavy atom. The molecule has 2 heteroatoms. The fourth-order valence-corrected chi connectivity index (χ4v) is 1.90. The standard InChI is InChI=1S/C12H26NO/c1-6-13(7-2,8-3)10-12(14)9-11(4)5/h11H,6-10H2,1-5H3/q+1. The zero-order chi connectivity index (χ0) is 11.2. The average Bonchev–Trinajstić information content (AvgIpc) is 2.13. The molecule has 0 heterocycles. The zero-order valence-corrected chi connectivity index (χ0v) is 10.5. The first-order valence-electron chi connectivity index (χ1n) is 5.86. The Kier molecular flexibility index (Phi) is 6.01. The molecule has 0 aliphatic rings. The molecule has 0 N–H and O–H groups in total. The van der Waals surface area contributed by atoms with Gasteiger partial charge in [-0.15, -0.1) is 0 Å². The van der Waals surface area contributed by atoms with Crippen molar-refractivity contribution in [1.82, 2.24) is 0 Å². The van der Waals surface area contributed by atoms with Crippen LogP contribution in [0.3, 0.4) is 0 Å². The Morgan fingerprint density at radius 2 is 1.50 bits per heavy atom. The molecule has 0 aromatic rings. The van der Waals surface area contributed by atoms with Gasteiger partial charge in [0, 0.05) is 6.42 Å². The lowest BCUT2D eigenvalue weighted by Gasteiger charge is -2.35. The number of rotatable bonds is 7. The van der Waals surface area contributed by atoms with Crippen molar-refractivity contribution < 1.29 is 9.28 Å². The number of carbonyl (C=O) groups is 1. The lowest BCUT2D eigenvalue weighted by molar-refractivity contribution is -0.915. The minimum atomic E-state index is 0.422. The summed E-state index contributed by atoms with van der Waals surface area (Å²) in [5.74, 6) is 0.917. The number of likely N-dealkylation sites (N-methyl/N-ethyl adjacent to an activating group) is 1. The molecule has 14 heavy (non-hydrogen) atoms. The van der Waals surface area contributed by atoms with Crippen LogP contribution >= 0.6 is 0 Å². The number of ketones is 1. The third-order valence-electron chi connectivity index (χ3n) is 3.16. The summed E-state index contributed by atoms with van der Waals surface area (Å²) in [5, 5.41) is 0. The number of Topliss-reactive ketones (excluding diaryl/α,β-unsaturated/α-hetero) is 1. The number of hydrogen-bond acceptors (Lipinski definition) is 1. The van der Waals surface area contributed by atoms with Gasteiger partial charge >= 0.3 is 0 Å². The quantitative estimate of drug-likeness (QED) is 0.577. The Balaban J connectivity index is 4.22. The molecule has 0 spiro atoms. The van der Waals surface area contributed by atoms with E-state index in [4.69, 9.17) is 0 Å². The minimum absolute atomic E-state index is 0.422. The molecule has 0 saturated carbocycles. The molecule has 0 aliphatic carbocycles. The Bertz CT molecular complexity index is 163. The van der Waals surface area contributed by atoms with Crippen LogP contribution in [0.25, 0.3) is 0 Å². The summed E-state index contributed by atoms with van der Waals surface area (Å²) >= 11 is 0. The third kappa shape index (κ3) is 4.23. The van der Waals surface area contributed by atoms with Crippen molar-refractivity contribution >= 4 is 5.78 Å². The van der Waals surface area contributed by atoms with Gasteiger partial charge in [-0.05, 0) is 26.7 Å². The van der Waals surface area contributed by atoms with Crippen molar-refractivity contribution in [3.05, 3.63) is 0 Å². The van der Waals surface area contributed by atoms with Crippen molar-refractivity contribution in [1.29, 1.82) is 0 Å². The summed E-state index contributed by atoms with van der Waals surface area (Å²) in [5.41, 5.74) is 0. The van der Waals surface area contributed by atoms with Gasteiger partial charge in [0.2, 0.25) is 0 Å². The first-order chi connectivity index (χ1) is 6.49. The Hall–Kier alpha value is -0.370. The van der Waals surface area contributed by atoms with E-state index in [9.17, 15) is 4.79 Å². The second-order valence-corrected chi connectivity index (χ2v) is 4.59. The van der Waals surface area contributed by atoms with Crippen LogP contribution in [-0.2, 0) is 4.79 Å². The highest BCUT2D eigenvalue weighted by molar-refractivity contribution is 5.79. The fourth-order valence-electron chi connectivity index (χ4n) is 1.90. The molecule has 0 saturated heterocycles. The molecule has 0 bridgehead atoms. The summed E-state index contributed by atoms with van der Waals surface area (Å²) < 4.78 is 0.950. The highest BCUT2D eigenvalue weighted by Crippen LogP contribution is 2.09. The second-order valence-electron chi connectivity index (χ2n) is 4.59. The topological polar surface area (TPSA) is 17.1 Å².